The molecule has 0 aromatic heterocycles. The molecule has 2 aliphatic heterocycles. The summed E-state index contributed by atoms with van der Waals surface area (Å²) in [5.41, 5.74) is 0. The lowest BCUT2D eigenvalue weighted by molar-refractivity contribution is -0.132. The molecule has 0 radical (unpaired) electrons. The second-order valence-corrected chi connectivity index (χ2v) is 4.79. The molecule has 2 aliphatic rings. The number of likely N-dealkylation sites (N-methyl/N-ethyl adjacent to an activating group) is 1. The molecule has 0 aromatic carbocycles. The van der Waals surface area contributed by atoms with Gasteiger partial charge in [-0.1, -0.05) is 0 Å². The van der Waals surface area contributed by atoms with Crippen molar-refractivity contribution in [2.45, 2.75) is 18.9 Å². The van der Waals surface area contributed by atoms with Gasteiger partial charge in [0.05, 0.1) is 6.54 Å². The fourth-order valence-electron chi connectivity index (χ4n) is 2.65. The molecule has 1 amide bonds. The average Bonchev–Trinajstić information content (AvgIpc) is 2.40. The summed E-state index contributed by atoms with van der Waals surface area (Å²) in [6.45, 7) is 6.01. The van der Waals surface area contributed by atoms with Crippen LogP contribution in [0.15, 0.2) is 0 Å². The third kappa shape index (κ3) is 3.40. The summed E-state index contributed by atoms with van der Waals surface area (Å²) >= 11 is 0. The van der Waals surface area contributed by atoms with Crippen LogP contribution in [0, 0.1) is 0 Å². The van der Waals surface area contributed by atoms with E-state index in [0.717, 1.165) is 52.2 Å². The Morgan fingerprint density at radius 1 is 1.24 bits per heavy atom. The van der Waals surface area contributed by atoms with Crippen LogP contribution in [-0.4, -0.2) is 74.7 Å². The summed E-state index contributed by atoms with van der Waals surface area (Å²) in [6.07, 6.45) is 2.29. The van der Waals surface area contributed by atoms with Crippen molar-refractivity contribution in [1.82, 2.24) is 15.1 Å². The number of hydrogen-bond donors (Lipinski definition) is 1. The lowest BCUT2D eigenvalue weighted by Gasteiger charge is -2.40. The maximum atomic E-state index is 11.7. The molecule has 2 fully saturated rings. The summed E-state index contributed by atoms with van der Waals surface area (Å²) < 4.78 is 5.38. The molecule has 2 rings (SSSR count). The first-order valence-electron chi connectivity index (χ1n) is 6.55. The standard InChI is InChI=1S/C12H23N3O2/c1-13-10-12(16)15-6-4-14(5-7-15)11-2-8-17-9-3-11/h11,13H,2-10H2,1H3. The SMILES string of the molecule is CNCC(=O)N1CCN(C2CCOCC2)CC1. The van der Waals surface area contributed by atoms with Crippen LogP contribution >= 0.6 is 0 Å². The zero-order valence-corrected chi connectivity index (χ0v) is 10.7. The first-order valence-corrected chi connectivity index (χ1v) is 6.55. The number of amides is 1. The topological polar surface area (TPSA) is 44.8 Å². The van der Waals surface area contributed by atoms with Crippen LogP contribution in [-0.2, 0) is 9.53 Å². The Hall–Kier alpha value is -0.650. The van der Waals surface area contributed by atoms with Crippen molar-refractivity contribution in [2.75, 3.05) is 53.0 Å². The highest BCUT2D eigenvalue weighted by molar-refractivity contribution is 5.78. The third-order valence-electron chi connectivity index (χ3n) is 3.70. The summed E-state index contributed by atoms with van der Waals surface area (Å²) in [4.78, 5) is 16.2. The van der Waals surface area contributed by atoms with Gasteiger partial charge in [0.1, 0.15) is 0 Å². The van der Waals surface area contributed by atoms with E-state index in [0.29, 0.717) is 12.6 Å². The molecule has 1 N–H and O–H groups in total. The number of carbonyl (C=O) groups is 1. The molecule has 5 heteroatoms. The summed E-state index contributed by atoms with van der Waals surface area (Å²) in [7, 11) is 1.82. The Morgan fingerprint density at radius 2 is 1.88 bits per heavy atom. The van der Waals surface area contributed by atoms with Gasteiger partial charge in [0, 0.05) is 45.4 Å². The third-order valence-corrected chi connectivity index (χ3v) is 3.70. The van der Waals surface area contributed by atoms with Crippen LogP contribution in [0.3, 0.4) is 0 Å². The molecule has 0 aromatic rings. The summed E-state index contributed by atoms with van der Waals surface area (Å²) in [5, 5.41) is 2.92. The van der Waals surface area contributed by atoms with E-state index in [4.69, 9.17) is 4.74 Å². The molecule has 0 aliphatic carbocycles. The second kappa shape index (κ2) is 6.33. The van der Waals surface area contributed by atoms with Gasteiger partial charge in [0.2, 0.25) is 5.91 Å². The van der Waals surface area contributed by atoms with Crippen molar-refractivity contribution in [2.24, 2.45) is 0 Å². The van der Waals surface area contributed by atoms with E-state index in [9.17, 15) is 4.79 Å². The Bertz CT molecular complexity index is 246. The maximum absolute atomic E-state index is 11.7. The number of rotatable bonds is 3. The predicted molar refractivity (Wildman–Crippen MR) is 65.9 cm³/mol. The van der Waals surface area contributed by atoms with Crippen molar-refractivity contribution in [3.63, 3.8) is 0 Å². The van der Waals surface area contributed by atoms with Crippen molar-refractivity contribution >= 4 is 5.91 Å². The van der Waals surface area contributed by atoms with E-state index >= 15 is 0 Å². The van der Waals surface area contributed by atoms with E-state index in [-0.39, 0.29) is 5.91 Å². The van der Waals surface area contributed by atoms with Gasteiger partial charge in [-0.15, -0.1) is 0 Å². The molecular formula is C12H23N3O2. The smallest absolute Gasteiger partial charge is 0.236 e. The number of nitrogens with zero attached hydrogens (tertiary/aromatic N) is 2. The molecule has 5 nitrogen and oxygen atoms in total. The van der Waals surface area contributed by atoms with Crippen LogP contribution in [0.4, 0.5) is 0 Å². The summed E-state index contributed by atoms with van der Waals surface area (Å²) in [5.74, 6) is 0.221. The minimum absolute atomic E-state index is 0.221. The molecular weight excluding hydrogens is 218 g/mol. The second-order valence-electron chi connectivity index (χ2n) is 4.79. The van der Waals surface area contributed by atoms with Crippen molar-refractivity contribution in [3.8, 4) is 0 Å². The van der Waals surface area contributed by atoms with Gasteiger partial charge < -0.3 is 15.0 Å². The van der Waals surface area contributed by atoms with E-state index in [1.165, 1.54) is 0 Å². The Balaban J connectivity index is 1.75. The van der Waals surface area contributed by atoms with Crippen molar-refractivity contribution < 1.29 is 9.53 Å². The number of carbonyl (C=O) groups excluding carboxylic acids is 1. The van der Waals surface area contributed by atoms with Crippen LogP contribution in [0.5, 0.6) is 0 Å². The maximum Gasteiger partial charge on any atom is 0.236 e. The average molecular weight is 241 g/mol. The first-order chi connectivity index (χ1) is 8.31. The molecule has 0 unspecified atom stereocenters. The van der Waals surface area contributed by atoms with E-state index in [2.05, 4.69) is 10.2 Å². The Kier molecular flexibility index (Phi) is 4.76. The number of hydrogen-bond acceptors (Lipinski definition) is 4. The highest BCUT2D eigenvalue weighted by atomic mass is 16.5. The lowest BCUT2D eigenvalue weighted by atomic mass is 10.1. The van der Waals surface area contributed by atoms with Crippen LogP contribution in [0.25, 0.3) is 0 Å². The van der Waals surface area contributed by atoms with Crippen molar-refractivity contribution in [1.29, 1.82) is 0 Å². The monoisotopic (exact) mass is 241 g/mol. The van der Waals surface area contributed by atoms with Gasteiger partial charge in [-0.2, -0.15) is 0 Å². The van der Waals surface area contributed by atoms with Gasteiger partial charge in [0.25, 0.3) is 0 Å². The molecule has 0 saturated carbocycles. The molecule has 0 spiro atoms. The van der Waals surface area contributed by atoms with Gasteiger partial charge >= 0.3 is 0 Å². The minimum atomic E-state index is 0.221. The highest BCUT2D eigenvalue weighted by Crippen LogP contribution is 2.16. The Morgan fingerprint density at radius 3 is 2.47 bits per heavy atom. The Labute approximate surface area is 103 Å². The molecule has 2 saturated heterocycles. The molecule has 2 heterocycles. The zero-order chi connectivity index (χ0) is 12.1. The number of nitrogens with one attached hydrogen (secondary N) is 1. The first kappa shape index (κ1) is 12.8. The van der Waals surface area contributed by atoms with E-state index in [1.807, 2.05) is 11.9 Å². The van der Waals surface area contributed by atoms with Gasteiger partial charge in [0.15, 0.2) is 0 Å². The van der Waals surface area contributed by atoms with Gasteiger partial charge in [-0.05, 0) is 19.9 Å². The van der Waals surface area contributed by atoms with E-state index < -0.39 is 0 Å². The molecule has 17 heavy (non-hydrogen) atoms. The predicted octanol–water partition coefficient (Wildman–Crippen LogP) is -0.471. The highest BCUT2D eigenvalue weighted by Gasteiger charge is 2.26. The lowest BCUT2D eigenvalue weighted by Crippen LogP contribution is -2.54. The molecule has 98 valence electrons. The van der Waals surface area contributed by atoms with Crippen LogP contribution < -0.4 is 5.32 Å². The van der Waals surface area contributed by atoms with Crippen molar-refractivity contribution in [3.05, 3.63) is 0 Å². The molecule has 0 atom stereocenters. The number of ether oxygens (including phenoxy) is 1. The van der Waals surface area contributed by atoms with E-state index in [1.54, 1.807) is 0 Å². The van der Waals surface area contributed by atoms with Gasteiger partial charge in [-0.3, -0.25) is 9.69 Å². The molecule has 0 bridgehead atoms. The minimum Gasteiger partial charge on any atom is -0.381 e. The number of piperazine rings is 1. The van der Waals surface area contributed by atoms with Gasteiger partial charge in [-0.25, -0.2) is 0 Å². The fourth-order valence-corrected chi connectivity index (χ4v) is 2.65. The normalized spacial score (nSPS) is 23.9. The van der Waals surface area contributed by atoms with Crippen LogP contribution in [0.1, 0.15) is 12.8 Å². The summed E-state index contributed by atoms with van der Waals surface area (Å²) in [6, 6.07) is 0.672. The quantitative estimate of drug-likeness (QED) is 0.725. The largest absolute Gasteiger partial charge is 0.381 e. The zero-order valence-electron chi connectivity index (χ0n) is 10.7. The fraction of sp³-hybridized carbons (Fsp3) is 0.917. The van der Waals surface area contributed by atoms with Crippen LogP contribution in [0.2, 0.25) is 0 Å².